The number of methoxy groups -OCH3 is 1. The highest BCUT2D eigenvalue weighted by Crippen LogP contribution is 2.26. The number of ether oxygens (including phenoxy) is 1. The van der Waals surface area contributed by atoms with Crippen molar-refractivity contribution < 1.29 is 14.3 Å². The van der Waals surface area contributed by atoms with E-state index in [1.54, 1.807) is 31.4 Å². The molecule has 0 bridgehead atoms. The Labute approximate surface area is 186 Å². The molecule has 1 aliphatic rings. The molecule has 0 aliphatic carbocycles. The monoisotopic (exact) mass is 428 g/mol. The maximum atomic E-state index is 12.8. The van der Waals surface area contributed by atoms with Crippen molar-refractivity contribution in [1.82, 2.24) is 5.32 Å². The fourth-order valence-corrected chi connectivity index (χ4v) is 3.52. The van der Waals surface area contributed by atoms with E-state index in [2.05, 4.69) is 15.5 Å². The van der Waals surface area contributed by atoms with Gasteiger partial charge in [-0.1, -0.05) is 30.3 Å². The molecule has 3 aromatic rings. The van der Waals surface area contributed by atoms with Gasteiger partial charge in [0.2, 0.25) is 5.91 Å². The highest BCUT2D eigenvalue weighted by atomic mass is 16.5. The Kier molecular flexibility index (Phi) is 6.67. The predicted molar refractivity (Wildman–Crippen MR) is 123 cm³/mol. The molecule has 2 amide bonds. The molecule has 1 saturated heterocycles. The van der Waals surface area contributed by atoms with E-state index in [1.165, 1.54) is 4.90 Å². The molecule has 0 aromatic heterocycles. The molecule has 0 saturated carbocycles. The lowest BCUT2D eigenvalue weighted by Gasteiger charge is -2.15. The van der Waals surface area contributed by atoms with Crippen LogP contribution >= 0.6 is 0 Å². The van der Waals surface area contributed by atoms with Crippen molar-refractivity contribution in [2.75, 3.05) is 18.6 Å². The first-order valence-corrected chi connectivity index (χ1v) is 10.4. The zero-order valence-corrected chi connectivity index (χ0v) is 17.8. The molecule has 1 aliphatic heterocycles. The summed E-state index contributed by atoms with van der Waals surface area (Å²) < 4.78 is 5.16. The molecule has 7 heteroatoms. The third-order valence-electron chi connectivity index (χ3n) is 5.26. The molecule has 0 spiro atoms. The van der Waals surface area contributed by atoms with Crippen molar-refractivity contribution in [1.29, 1.82) is 0 Å². The predicted octanol–water partition coefficient (Wildman–Crippen LogP) is 4.57. The van der Waals surface area contributed by atoms with Crippen molar-refractivity contribution in [3.63, 3.8) is 0 Å². The minimum atomic E-state index is -0.516. The van der Waals surface area contributed by atoms with Crippen LogP contribution in [0.25, 0.3) is 0 Å². The zero-order chi connectivity index (χ0) is 22.3. The van der Waals surface area contributed by atoms with Gasteiger partial charge >= 0.3 is 0 Å². The number of benzene rings is 3. The van der Waals surface area contributed by atoms with Crippen molar-refractivity contribution in [3.8, 4) is 5.75 Å². The van der Waals surface area contributed by atoms with Gasteiger partial charge in [-0.3, -0.25) is 9.59 Å². The fourth-order valence-electron chi connectivity index (χ4n) is 3.52. The number of nitrogens with zero attached hydrogens (tertiary/aromatic N) is 3. The van der Waals surface area contributed by atoms with Crippen LogP contribution in [0, 0.1) is 0 Å². The summed E-state index contributed by atoms with van der Waals surface area (Å²) in [5.74, 6) is 0.362. The van der Waals surface area contributed by atoms with E-state index in [9.17, 15) is 9.59 Å². The molecular formula is C25H24N4O3. The average Bonchev–Trinajstić information content (AvgIpc) is 3.12. The Bertz CT molecular complexity index is 1100. The van der Waals surface area contributed by atoms with Crippen molar-refractivity contribution in [3.05, 3.63) is 84.4 Å². The largest absolute Gasteiger partial charge is 0.497 e. The summed E-state index contributed by atoms with van der Waals surface area (Å²) in [7, 11) is 1.63. The summed E-state index contributed by atoms with van der Waals surface area (Å²) in [4.78, 5) is 26.6. The van der Waals surface area contributed by atoms with E-state index < -0.39 is 6.04 Å². The van der Waals surface area contributed by atoms with Gasteiger partial charge in [-0.2, -0.15) is 10.2 Å². The minimum Gasteiger partial charge on any atom is -0.497 e. The lowest BCUT2D eigenvalue weighted by molar-refractivity contribution is -0.121. The zero-order valence-electron chi connectivity index (χ0n) is 17.8. The second-order valence-electron chi connectivity index (χ2n) is 7.43. The van der Waals surface area contributed by atoms with Crippen LogP contribution in [0.1, 0.15) is 12.0 Å². The van der Waals surface area contributed by atoms with Crippen LogP contribution in [-0.2, 0) is 16.0 Å². The van der Waals surface area contributed by atoms with E-state index in [4.69, 9.17) is 4.74 Å². The van der Waals surface area contributed by atoms with Crippen LogP contribution < -0.4 is 15.0 Å². The summed E-state index contributed by atoms with van der Waals surface area (Å²) in [5.41, 5.74) is 3.07. The SMILES string of the molecule is COc1ccc(CCN[C@H]2CC(=O)N(c3ccc(N=Nc4ccccc4)cc3)C2=O)cc1. The van der Waals surface area contributed by atoms with Crippen LogP contribution in [0.2, 0.25) is 0 Å². The number of imide groups is 1. The van der Waals surface area contributed by atoms with E-state index in [0.29, 0.717) is 17.9 Å². The Hall–Kier alpha value is -3.84. The van der Waals surface area contributed by atoms with E-state index >= 15 is 0 Å². The molecular weight excluding hydrogens is 404 g/mol. The van der Waals surface area contributed by atoms with Crippen molar-refractivity contribution in [2.24, 2.45) is 10.2 Å². The molecule has 1 N–H and O–H groups in total. The summed E-state index contributed by atoms with van der Waals surface area (Å²) in [5, 5.41) is 11.6. The lowest BCUT2D eigenvalue weighted by atomic mass is 10.1. The molecule has 1 atom stereocenters. The highest BCUT2D eigenvalue weighted by Gasteiger charge is 2.39. The van der Waals surface area contributed by atoms with Gasteiger partial charge < -0.3 is 10.1 Å². The van der Waals surface area contributed by atoms with Gasteiger partial charge in [0.15, 0.2) is 0 Å². The van der Waals surface area contributed by atoms with Crippen LogP contribution in [0.5, 0.6) is 5.75 Å². The van der Waals surface area contributed by atoms with Gasteiger partial charge in [-0.15, -0.1) is 0 Å². The van der Waals surface area contributed by atoms with Crippen LogP contribution in [-0.4, -0.2) is 31.5 Å². The Balaban J connectivity index is 1.34. The molecule has 7 nitrogen and oxygen atoms in total. The number of carbonyl (C=O) groups is 2. The molecule has 1 fully saturated rings. The van der Waals surface area contributed by atoms with Gasteiger partial charge in [0.1, 0.15) is 5.75 Å². The molecule has 162 valence electrons. The maximum Gasteiger partial charge on any atom is 0.251 e. The first-order valence-electron chi connectivity index (χ1n) is 10.4. The van der Waals surface area contributed by atoms with E-state index in [-0.39, 0.29) is 18.2 Å². The Morgan fingerprint density at radius 2 is 1.56 bits per heavy atom. The van der Waals surface area contributed by atoms with Crippen molar-refractivity contribution in [2.45, 2.75) is 18.9 Å². The normalized spacial score (nSPS) is 16.2. The lowest BCUT2D eigenvalue weighted by Crippen LogP contribution is -2.39. The number of azo groups is 1. The number of hydrogen-bond donors (Lipinski definition) is 1. The number of amides is 2. The molecule has 3 aromatic carbocycles. The summed E-state index contributed by atoms with van der Waals surface area (Å²) in [6.07, 6.45) is 0.903. The van der Waals surface area contributed by atoms with Gasteiger partial charge in [0.25, 0.3) is 5.91 Å². The summed E-state index contributed by atoms with van der Waals surface area (Å²) >= 11 is 0. The third kappa shape index (κ3) is 5.07. The average molecular weight is 428 g/mol. The Morgan fingerprint density at radius 3 is 2.22 bits per heavy atom. The van der Waals surface area contributed by atoms with Gasteiger partial charge in [0.05, 0.1) is 36.6 Å². The number of hydrogen-bond acceptors (Lipinski definition) is 6. The van der Waals surface area contributed by atoms with Gasteiger partial charge in [-0.05, 0) is 67.1 Å². The number of anilines is 1. The fraction of sp³-hybridized carbons (Fsp3) is 0.200. The standard InChI is InChI=1S/C25H24N4O3/c1-32-22-13-7-18(8-14-22)15-16-26-23-17-24(30)29(25(23)31)21-11-9-20(10-12-21)28-27-19-5-3-2-4-6-19/h2-14,23,26H,15-17H2,1H3/t23-/m0/s1. The first kappa shape index (κ1) is 21.4. The highest BCUT2D eigenvalue weighted by molar-refractivity contribution is 6.22. The van der Waals surface area contributed by atoms with Gasteiger partial charge in [0, 0.05) is 0 Å². The Morgan fingerprint density at radius 1 is 0.906 bits per heavy atom. The van der Waals surface area contributed by atoms with E-state index in [1.807, 2.05) is 54.6 Å². The molecule has 0 unspecified atom stereocenters. The molecule has 4 rings (SSSR count). The topological polar surface area (TPSA) is 83.4 Å². The second kappa shape index (κ2) is 9.98. The third-order valence-corrected chi connectivity index (χ3v) is 5.26. The quantitative estimate of drug-likeness (QED) is 0.421. The van der Waals surface area contributed by atoms with Crippen molar-refractivity contribution >= 4 is 28.9 Å². The molecule has 1 heterocycles. The van der Waals surface area contributed by atoms with Crippen LogP contribution in [0.15, 0.2) is 89.1 Å². The maximum absolute atomic E-state index is 12.8. The summed E-state index contributed by atoms with van der Waals surface area (Å²) in [6.45, 7) is 0.600. The molecule has 32 heavy (non-hydrogen) atoms. The summed E-state index contributed by atoms with van der Waals surface area (Å²) in [6, 6.07) is 23.6. The number of carbonyl (C=O) groups excluding carboxylic acids is 2. The smallest absolute Gasteiger partial charge is 0.251 e. The van der Waals surface area contributed by atoms with E-state index in [0.717, 1.165) is 23.4 Å². The first-order chi connectivity index (χ1) is 15.6. The number of rotatable bonds is 8. The molecule has 0 radical (unpaired) electrons. The second-order valence-corrected chi connectivity index (χ2v) is 7.43. The van der Waals surface area contributed by atoms with Crippen LogP contribution in [0.3, 0.4) is 0 Å². The number of nitrogens with one attached hydrogen (secondary N) is 1. The van der Waals surface area contributed by atoms with Gasteiger partial charge in [-0.25, -0.2) is 4.90 Å². The minimum absolute atomic E-state index is 0.150. The van der Waals surface area contributed by atoms with Crippen LogP contribution in [0.4, 0.5) is 17.1 Å².